The number of hydrogen-bond donors (Lipinski definition) is 1. The summed E-state index contributed by atoms with van der Waals surface area (Å²) in [6.45, 7) is 3.11. The van der Waals surface area contributed by atoms with Crippen LogP contribution in [0.15, 0.2) is 18.2 Å². The van der Waals surface area contributed by atoms with E-state index in [9.17, 15) is 18.4 Å². The highest BCUT2D eigenvalue weighted by atomic mass is 19.1. The molecule has 1 unspecified atom stereocenters. The van der Waals surface area contributed by atoms with E-state index in [2.05, 4.69) is 5.32 Å². The average Bonchev–Trinajstić information content (AvgIpc) is 2.32. The molecule has 1 aliphatic rings. The summed E-state index contributed by atoms with van der Waals surface area (Å²) in [6.07, 6.45) is 0.395. The summed E-state index contributed by atoms with van der Waals surface area (Å²) in [5.41, 5.74) is -0.991. The minimum atomic E-state index is -1.04. The Kier molecular flexibility index (Phi) is 3.26. The van der Waals surface area contributed by atoms with Crippen molar-refractivity contribution in [1.82, 2.24) is 5.32 Å². The highest BCUT2D eigenvalue weighted by Crippen LogP contribution is 2.25. The lowest BCUT2D eigenvalue weighted by Crippen LogP contribution is -2.65. The Balaban J connectivity index is 2.43. The fourth-order valence-corrected chi connectivity index (χ4v) is 2.06. The van der Waals surface area contributed by atoms with Crippen molar-refractivity contribution in [1.29, 1.82) is 0 Å². The third-order valence-corrected chi connectivity index (χ3v) is 3.30. The Bertz CT molecular complexity index is 527. The van der Waals surface area contributed by atoms with Crippen molar-refractivity contribution in [2.45, 2.75) is 25.8 Å². The largest absolute Gasteiger partial charge is 0.340 e. The van der Waals surface area contributed by atoms with Crippen LogP contribution < -0.4 is 10.2 Å². The molecule has 102 valence electrons. The summed E-state index contributed by atoms with van der Waals surface area (Å²) >= 11 is 0. The lowest BCUT2D eigenvalue weighted by Gasteiger charge is -2.39. The maximum Gasteiger partial charge on any atom is 0.252 e. The first-order valence-electron chi connectivity index (χ1n) is 5.95. The zero-order valence-electron chi connectivity index (χ0n) is 10.7. The molecule has 0 aromatic heterocycles. The molecule has 0 aliphatic carbocycles. The molecule has 19 heavy (non-hydrogen) atoms. The second-order valence-corrected chi connectivity index (χ2v) is 4.75. The molecule has 1 aromatic carbocycles. The van der Waals surface area contributed by atoms with Crippen LogP contribution in [0.1, 0.15) is 20.3 Å². The van der Waals surface area contributed by atoms with Crippen molar-refractivity contribution in [2.24, 2.45) is 0 Å². The maximum absolute atomic E-state index is 13.2. The molecule has 0 saturated carbocycles. The fourth-order valence-electron chi connectivity index (χ4n) is 2.06. The van der Waals surface area contributed by atoms with Gasteiger partial charge < -0.3 is 10.2 Å². The molecule has 0 spiro atoms. The number of hydrogen-bond acceptors (Lipinski definition) is 2. The van der Waals surface area contributed by atoms with E-state index in [0.717, 1.165) is 23.1 Å². The molecule has 2 rings (SSSR count). The standard InChI is InChI=1S/C13H14F2N2O2/c1-3-13(2)12(19)17(7-11(18)16-13)10-5-8(14)4-9(15)6-10/h4-6H,3,7H2,1-2H3,(H,16,18). The molecule has 0 bridgehead atoms. The van der Waals surface area contributed by atoms with E-state index >= 15 is 0 Å². The number of carbonyl (C=O) groups excluding carboxylic acids is 2. The van der Waals surface area contributed by atoms with E-state index < -0.39 is 17.2 Å². The van der Waals surface area contributed by atoms with Gasteiger partial charge in [0.25, 0.3) is 5.91 Å². The van der Waals surface area contributed by atoms with Gasteiger partial charge in [-0.3, -0.25) is 9.59 Å². The monoisotopic (exact) mass is 268 g/mol. The molecule has 1 heterocycles. The number of amides is 2. The number of carbonyl (C=O) groups is 2. The molecule has 1 fully saturated rings. The molecule has 1 aliphatic heterocycles. The first-order valence-corrected chi connectivity index (χ1v) is 5.95. The van der Waals surface area contributed by atoms with Crippen molar-refractivity contribution < 1.29 is 18.4 Å². The highest BCUT2D eigenvalue weighted by Gasteiger charge is 2.42. The van der Waals surface area contributed by atoms with Crippen LogP contribution >= 0.6 is 0 Å². The van der Waals surface area contributed by atoms with Crippen LogP contribution in [0.5, 0.6) is 0 Å². The van der Waals surface area contributed by atoms with E-state index in [1.165, 1.54) is 0 Å². The van der Waals surface area contributed by atoms with Crippen LogP contribution in [0.3, 0.4) is 0 Å². The van der Waals surface area contributed by atoms with E-state index in [1.807, 2.05) is 0 Å². The number of piperazine rings is 1. The van der Waals surface area contributed by atoms with Gasteiger partial charge in [-0.05, 0) is 25.5 Å². The zero-order chi connectivity index (χ0) is 14.2. The fraction of sp³-hybridized carbons (Fsp3) is 0.385. The van der Waals surface area contributed by atoms with Gasteiger partial charge in [0.05, 0.1) is 5.69 Å². The van der Waals surface area contributed by atoms with Crippen molar-refractivity contribution >= 4 is 17.5 Å². The van der Waals surface area contributed by atoms with Gasteiger partial charge in [0.1, 0.15) is 23.7 Å². The predicted octanol–water partition coefficient (Wildman–Crippen LogP) is 1.60. The van der Waals surface area contributed by atoms with E-state index in [-0.39, 0.29) is 24.0 Å². The van der Waals surface area contributed by atoms with E-state index in [1.54, 1.807) is 13.8 Å². The molecule has 2 amide bonds. The van der Waals surface area contributed by atoms with Gasteiger partial charge in [0.2, 0.25) is 5.91 Å². The summed E-state index contributed by atoms with van der Waals surface area (Å²) in [4.78, 5) is 25.1. The number of nitrogens with zero attached hydrogens (tertiary/aromatic N) is 1. The van der Waals surface area contributed by atoms with Gasteiger partial charge in [0.15, 0.2) is 0 Å². The Morgan fingerprint density at radius 1 is 1.26 bits per heavy atom. The summed E-state index contributed by atoms with van der Waals surface area (Å²) in [7, 11) is 0. The highest BCUT2D eigenvalue weighted by molar-refractivity contribution is 6.08. The predicted molar refractivity (Wildman–Crippen MR) is 65.5 cm³/mol. The Labute approximate surface area is 109 Å². The topological polar surface area (TPSA) is 49.4 Å². The van der Waals surface area contributed by atoms with Crippen molar-refractivity contribution in [2.75, 3.05) is 11.4 Å². The van der Waals surface area contributed by atoms with Crippen LogP contribution in [0.4, 0.5) is 14.5 Å². The SMILES string of the molecule is CCC1(C)NC(=O)CN(c2cc(F)cc(F)c2)C1=O. The van der Waals surface area contributed by atoms with E-state index in [0.29, 0.717) is 6.42 Å². The van der Waals surface area contributed by atoms with Crippen LogP contribution in [0.2, 0.25) is 0 Å². The van der Waals surface area contributed by atoms with Gasteiger partial charge in [-0.25, -0.2) is 8.78 Å². The number of benzene rings is 1. The summed E-state index contributed by atoms with van der Waals surface area (Å²) in [6, 6.07) is 2.79. The van der Waals surface area contributed by atoms with Crippen LogP contribution in [0.25, 0.3) is 0 Å². The summed E-state index contributed by atoms with van der Waals surface area (Å²) in [5.74, 6) is -2.30. The number of halogens is 2. The molecular weight excluding hydrogens is 254 g/mol. The van der Waals surface area contributed by atoms with Gasteiger partial charge in [0, 0.05) is 6.07 Å². The van der Waals surface area contributed by atoms with Gasteiger partial charge in [-0.1, -0.05) is 6.92 Å². The smallest absolute Gasteiger partial charge is 0.252 e. The second kappa shape index (κ2) is 4.60. The molecule has 4 nitrogen and oxygen atoms in total. The van der Waals surface area contributed by atoms with Crippen molar-refractivity contribution in [3.8, 4) is 0 Å². The first kappa shape index (κ1) is 13.5. The minimum Gasteiger partial charge on any atom is -0.340 e. The van der Waals surface area contributed by atoms with Crippen molar-refractivity contribution in [3.63, 3.8) is 0 Å². The molecule has 1 atom stereocenters. The zero-order valence-corrected chi connectivity index (χ0v) is 10.7. The van der Waals surface area contributed by atoms with Gasteiger partial charge >= 0.3 is 0 Å². The quantitative estimate of drug-likeness (QED) is 0.885. The van der Waals surface area contributed by atoms with Crippen molar-refractivity contribution in [3.05, 3.63) is 29.8 Å². The number of anilines is 1. The maximum atomic E-state index is 13.2. The van der Waals surface area contributed by atoms with Gasteiger partial charge in [-0.2, -0.15) is 0 Å². The molecule has 1 N–H and O–H groups in total. The normalized spacial score (nSPS) is 23.5. The lowest BCUT2D eigenvalue weighted by molar-refractivity contribution is -0.135. The molecule has 0 radical (unpaired) electrons. The molecule has 1 saturated heterocycles. The molecule has 1 aromatic rings. The van der Waals surface area contributed by atoms with Crippen LogP contribution in [-0.4, -0.2) is 23.9 Å². The van der Waals surface area contributed by atoms with Gasteiger partial charge in [-0.15, -0.1) is 0 Å². The number of rotatable bonds is 2. The Hall–Kier alpha value is -1.98. The third kappa shape index (κ3) is 2.43. The minimum absolute atomic E-state index is 0.0528. The first-order chi connectivity index (χ1) is 8.85. The Morgan fingerprint density at radius 2 is 1.84 bits per heavy atom. The van der Waals surface area contributed by atoms with Crippen LogP contribution in [-0.2, 0) is 9.59 Å². The molecular formula is C13H14F2N2O2. The van der Waals surface area contributed by atoms with Crippen LogP contribution in [0, 0.1) is 11.6 Å². The summed E-state index contributed by atoms with van der Waals surface area (Å²) < 4.78 is 26.4. The molecule has 6 heteroatoms. The third-order valence-electron chi connectivity index (χ3n) is 3.30. The lowest BCUT2D eigenvalue weighted by atomic mass is 9.94. The number of nitrogens with one attached hydrogen (secondary N) is 1. The summed E-state index contributed by atoms with van der Waals surface area (Å²) in [5, 5.41) is 2.60. The van der Waals surface area contributed by atoms with E-state index in [4.69, 9.17) is 0 Å². The average molecular weight is 268 g/mol. The Morgan fingerprint density at radius 3 is 2.37 bits per heavy atom. The second-order valence-electron chi connectivity index (χ2n) is 4.75.